The van der Waals surface area contributed by atoms with Crippen LogP contribution in [0.15, 0.2) is 24.3 Å². The molecule has 1 aromatic rings. The summed E-state index contributed by atoms with van der Waals surface area (Å²) < 4.78 is 37.2. The molecule has 0 bridgehead atoms. The Labute approximate surface area is 88.1 Å². The Morgan fingerprint density at radius 3 is 2.13 bits per heavy atom. The van der Waals surface area contributed by atoms with Crippen molar-refractivity contribution in [2.45, 2.75) is 33.4 Å². The summed E-state index contributed by atoms with van der Waals surface area (Å²) in [5, 5.41) is 0. The average Bonchev–Trinajstić information content (AvgIpc) is 1.99. The van der Waals surface area contributed by atoms with Crippen molar-refractivity contribution in [2.24, 2.45) is 5.41 Å². The van der Waals surface area contributed by atoms with Gasteiger partial charge in [0, 0.05) is 0 Å². The zero-order valence-electron chi connectivity index (χ0n) is 9.15. The third-order valence-electron chi connectivity index (χ3n) is 1.99. The molecular weight excluding hydrogens is 201 g/mol. The molecule has 0 nitrogen and oxygen atoms in total. The zero-order chi connectivity index (χ0) is 11.7. The Morgan fingerprint density at radius 2 is 1.67 bits per heavy atom. The fraction of sp³-hybridized carbons (Fsp3) is 0.500. The van der Waals surface area contributed by atoms with Gasteiger partial charge in [0.15, 0.2) is 0 Å². The molecule has 0 radical (unpaired) electrons. The highest BCUT2D eigenvalue weighted by atomic mass is 19.4. The van der Waals surface area contributed by atoms with Crippen molar-refractivity contribution in [1.82, 2.24) is 0 Å². The number of hydrogen-bond acceptors (Lipinski definition) is 0. The molecule has 0 amide bonds. The third kappa shape index (κ3) is 3.94. The third-order valence-corrected chi connectivity index (χ3v) is 1.99. The molecule has 0 saturated carbocycles. The van der Waals surface area contributed by atoms with E-state index in [9.17, 15) is 13.2 Å². The zero-order valence-corrected chi connectivity index (χ0v) is 9.15. The molecule has 0 N–H and O–H groups in total. The minimum atomic E-state index is -4.24. The number of benzene rings is 1. The standard InChI is InChI=1S/C12H15F3/c1-11(2,3)8-9-5-4-6-10(7-9)12(13,14)15/h4-7H,8H2,1-3H3. The van der Waals surface area contributed by atoms with Gasteiger partial charge >= 0.3 is 6.18 Å². The van der Waals surface area contributed by atoms with Crippen LogP contribution in [-0.2, 0) is 12.6 Å². The first-order valence-corrected chi connectivity index (χ1v) is 4.85. The van der Waals surface area contributed by atoms with Crippen LogP contribution in [0.3, 0.4) is 0 Å². The van der Waals surface area contributed by atoms with Crippen LogP contribution in [0.4, 0.5) is 13.2 Å². The normalized spacial score (nSPS) is 12.9. The van der Waals surface area contributed by atoms with Gasteiger partial charge in [0.2, 0.25) is 0 Å². The van der Waals surface area contributed by atoms with Crippen molar-refractivity contribution in [3.05, 3.63) is 35.4 Å². The Balaban J connectivity index is 2.94. The Hall–Kier alpha value is -0.990. The molecule has 0 aliphatic carbocycles. The van der Waals surface area contributed by atoms with Gasteiger partial charge in [-0.25, -0.2) is 0 Å². The van der Waals surface area contributed by atoms with E-state index >= 15 is 0 Å². The molecule has 0 aromatic heterocycles. The second kappa shape index (κ2) is 3.87. The van der Waals surface area contributed by atoms with Crippen molar-refractivity contribution in [3.63, 3.8) is 0 Å². The van der Waals surface area contributed by atoms with Crippen LogP contribution in [0.5, 0.6) is 0 Å². The van der Waals surface area contributed by atoms with E-state index in [0.717, 1.165) is 11.6 Å². The van der Waals surface area contributed by atoms with Gasteiger partial charge in [0.05, 0.1) is 5.56 Å². The van der Waals surface area contributed by atoms with E-state index in [-0.39, 0.29) is 5.41 Å². The number of hydrogen-bond donors (Lipinski definition) is 0. The summed E-state index contributed by atoms with van der Waals surface area (Å²) in [7, 11) is 0. The molecule has 1 aromatic carbocycles. The number of alkyl halides is 3. The molecule has 0 atom stereocenters. The lowest BCUT2D eigenvalue weighted by molar-refractivity contribution is -0.137. The van der Waals surface area contributed by atoms with Crippen LogP contribution in [-0.4, -0.2) is 0 Å². The molecule has 84 valence electrons. The molecule has 15 heavy (non-hydrogen) atoms. The lowest BCUT2D eigenvalue weighted by Crippen LogP contribution is -2.11. The van der Waals surface area contributed by atoms with Crippen LogP contribution >= 0.6 is 0 Å². The van der Waals surface area contributed by atoms with Gasteiger partial charge in [0.1, 0.15) is 0 Å². The van der Waals surface area contributed by atoms with E-state index < -0.39 is 11.7 Å². The van der Waals surface area contributed by atoms with E-state index in [1.807, 2.05) is 20.8 Å². The van der Waals surface area contributed by atoms with Crippen molar-refractivity contribution in [3.8, 4) is 0 Å². The molecule has 0 spiro atoms. The summed E-state index contributed by atoms with van der Waals surface area (Å²) >= 11 is 0. The van der Waals surface area contributed by atoms with Crippen molar-refractivity contribution >= 4 is 0 Å². The maximum Gasteiger partial charge on any atom is 0.416 e. The monoisotopic (exact) mass is 216 g/mol. The summed E-state index contributed by atoms with van der Waals surface area (Å²) in [6.07, 6.45) is -3.59. The van der Waals surface area contributed by atoms with Crippen molar-refractivity contribution in [1.29, 1.82) is 0 Å². The van der Waals surface area contributed by atoms with Gasteiger partial charge in [-0.15, -0.1) is 0 Å². The van der Waals surface area contributed by atoms with Crippen LogP contribution < -0.4 is 0 Å². The molecule has 3 heteroatoms. The highest BCUT2D eigenvalue weighted by Gasteiger charge is 2.30. The molecule has 0 heterocycles. The lowest BCUT2D eigenvalue weighted by atomic mass is 9.88. The second-order valence-electron chi connectivity index (χ2n) is 4.94. The van der Waals surface area contributed by atoms with Gasteiger partial charge in [-0.2, -0.15) is 13.2 Å². The quantitative estimate of drug-likeness (QED) is 0.656. The first-order chi connectivity index (χ1) is 6.68. The Morgan fingerprint density at radius 1 is 1.07 bits per heavy atom. The largest absolute Gasteiger partial charge is 0.416 e. The first-order valence-electron chi connectivity index (χ1n) is 4.85. The minimum absolute atomic E-state index is 0.00419. The highest BCUT2D eigenvalue weighted by Crippen LogP contribution is 2.30. The van der Waals surface area contributed by atoms with Gasteiger partial charge in [-0.1, -0.05) is 39.0 Å². The summed E-state index contributed by atoms with van der Waals surface area (Å²) in [5.74, 6) is 0. The minimum Gasteiger partial charge on any atom is -0.166 e. The number of rotatable bonds is 1. The Bertz CT molecular complexity index is 331. The SMILES string of the molecule is CC(C)(C)Cc1cccc(C(F)(F)F)c1. The average molecular weight is 216 g/mol. The molecule has 0 unspecified atom stereocenters. The molecule has 1 rings (SSSR count). The fourth-order valence-corrected chi connectivity index (χ4v) is 1.47. The van der Waals surface area contributed by atoms with Crippen molar-refractivity contribution in [2.75, 3.05) is 0 Å². The van der Waals surface area contributed by atoms with E-state index in [2.05, 4.69) is 0 Å². The maximum atomic E-state index is 12.4. The van der Waals surface area contributed by atoms with E-state index in [1.54, 1.807) is 6.07 Å². The molecule has 0 aliphatic heterocycles. The topological polar surface area (TPSA) is 0 Å². The predicted octanol–water partition coefficient (Wildman–Crippen LogP) is 4.29. The van der Waals surface area contributed by atoms with Crippen LogP contribution in [0, 0.1) is 5.41 Å². The first kappa shape index (κ1) is 12.1. The van der Waals surface area contributed by atoms with Gasteiger partial charge in [-0.3, -0.25) is 0 Å². The highest BCUT2D eigenvalue weighted by molar-refractivity contribution is 5.26. The maximum absolute atomic E-state index is 12.4. The molecule has 0 saturated heterocycles. The second-order valence-corrected chi connectivity index (χ2v) is 4.94. The van der Waals surface area contributed by atoms with Crippen LogP contribution in [0.2, 0.25) is 0 Å². The van der Waals surface area contributed by atoms with E-state index in [0.29, 0.717) is 6.42 Å². The summed E-state index contributed by atoms with van der Waals surface area (Å²) in [6.45, 7) is 6.02. The molecular formula is C12H15F3. The van der Waals surface area contributed by atoms with Gasteiger partial charge < -0.3 is 0 Å². The summed E-state index contributed by atoms with van der Waals surface area (Å²) in [6, 6.07) is 5.53. The summed E-state index contributed by atoms with van der Waals surface area (Å²) in [4.78, 5) is 0. The summed E-state index contributed by atoms with van der Waals surface area (Å²) in [5.41, 5.74) is 0.172. The predicted molar refractivity (Wildman–Crippen MR) is 54.6 cm³/mol. The van der Waals surface area contributed by atoms with Crippen molar-refractivity contribution < 1.29 is 13.2 Å². The van der Waals surface area contributed by atoms with E-state index in [1.165, 1.54) is 12.1 Å². The molecule has 0 aliphatic rings. The fourth-order valence-electron chi connectivity index (χ4n) is 1.47. The van der Waals surface area contributed by atoms with Gasteiger partial charge in [0.25, 0.3) is 0 Å². The molecule has 0 fully saturated rings. The van der Waals surface area contributed by atoms with Crippen LogP contribution in [0.1, 0.15) is 31.9 Å². The van der Waals surface area contributed by atoms with Gasteiger partial charge in [-0.05, 0) is 23.5 Å². The Kier molecular flexibility index (Phi) is 3.12. The number of halogens is 3. The lowest BCUT2D eigenvalue weighted by Gasteiger charge is -2.18. The van der Waals surface area contributed by atoms with Crippen LogP contribution in [0.25, 0.3) is 0 Å². The van der Waals surface area contributed by atoms with E-state index in [4.69, 9.17) is 0 Å². The smallest absolute Gasteiger partial charge is 0.166 e.